The Balaban J connectivity index is 1.57. The molecule has 8 nitrogen and oxygen atoms in total. The highest BCUT2D eigenvalue weighted by molar-refractivity contribution is 7.92. The SMILES string of the molecule is Cc1cc(NS(=O)(=O)c2ccc(NC(=S)NC(=O)Cc3ccccc3)cc2)no1. The molecule has 3 aromatic rings. The van der Waals surface area contributed by atoms with Crippen LogP contribution in [0.4, 0.5) is 11.5 Å². The molecule has 0 saturated heterocycles. The van der Waals surface area contributed by atoms with Crippen LogP contribution < -0.4 is 15.4 Å². The molecule has 0 unspecified atom stereocenters. The summed E-state index contributed by atoms with van der Waals surface area (Å²) >= 11 is 5.13. The van der Waals surface area contributed by atoms with Crippen molar-refractivity contribution in [3.63, 3.8) is 0 Å². The van der Waals surface area contributed by atoms with Gasteiger partial charge in [0.1, 0.15) is 5.76 Å². The number of carbonyl (C=O) groups excluding carboxylic acids is 1. The second kappa shape index (κ2) is 8.84. The van der Waals surface area contributed by atoms with Gasteiger partial charge in [-0.3, -0.25) is 9.52 Å². The highest BCUT2D eigenvalue weighted by Crippen LogP contribution is 2.18. The zero-order valence-electron chi connectivity index (χ0n) is 15.4. The Morgan fingerprint density at radius 1 is 1.10 bits per heavy atom. The summed E-state index contributed by atoms with van der Waals surface area (Å²) in [6.07, 6.45) is 0.201. The first-order chi connectivity index (χ1) is 13.8. The molecule has 10 heteroatoms. The molecule has 3 N–H and O–H groups in total. The van der Waals surface area contributed by atoms with Crippen LogP contribution in [0.2, 0.25) is 0 Å². The van der Waals surface area contributed by atoms with Crippen LogP contribution in [-0.4, -0.2) is 24.6 Å². The van der Waals surface area contributed by atoms with Crippen molar-refractivity contribution in [3.8, 4) is 0 Å². The molecule has 1 amide bonds. The third-order valence-electron chi connectivity index (χ3n) is 3.75. The van der Waals surface area contributed by atoms with E-state index >= 15 is 0 Å². The van der Waals surface area contributed by atoms with Gasteiger partial charge in [0.2, 0.25) is 5.91 Å². The fraction of sp³-hybridized carbons (Fsp3) is 0.105. The third-order valence-corrected chi connectivity index (χ3v) is 5.32. The van der Waals surface area contributed by atoms with Crippen molar-refractivity contribution in [1.29, 1.82) is 0 Å². The summed E-state index contributed by atoms with van der Waals surface area (Å²) in [5.41, 5.74) is 1.41. The number of hydrogen-bond donors (Lipinski definition) is 3. The third kappa shape index (κ3) is 5.87. The van der Waals surface area contributed by atoms with Crippen molar-refractivity contribution >= 4 is 44.8 Å². The fourth-order valence-electron chi connectivity index (χ4n) is 2.44. The predicted octanol–water partition coefficient (Wildman–Crippen LogP) is 2.84. The Bertz CT molecular complexity index is 1110. The molecule has 1 aromatic heterocycles. The van der Waals surface area contributed by atoms with Crippen molar-refractivity contribution in [2.45, 2.75) is 18.2 Å². The maximum absolute atomic E-state index is 12.4. The lowest BCUT2D eigenvalue weighted by atomic mass is 10.1. The summed E-state index contributed by atoms with van der Waals surface area (Å²) in [6, 6.07) is 16.7. The maximum atomic E-state index is 12.4. The minimum atomic E-state index is -3.80. The maximum Gasteiger partial charge on any atom is 0.263 e. The quantitative estimate of drug-likeness (QED) is 0.515. The highest BCUT2D eigenvalue weighted by Gasteiger charge is 2.16. The van der Waals surface area contributed by atoms with Crippen LogP contribution in [0.1, 0.15) is 11.3 Å². The molecular weight excluding hydrogens is 412 g/mol. The van der Waals surface area contributed by atoms with Crippen molar-refractivity contribution in [3.05, 3.63) is 72.0 Å². The lowest BCUT2D eigenvalue weighted by Crippen LogP contribution is -2.35. The zero-order chi connectivity index (χ0) is 20.9. The summed E-state index contributed by atoms with van der Waals surface area (Å²) in [4.78, 5) is 12.1. The van der Waals surface area contributed by atoms with Gasteiger partial charge in [-0.1, -0.05) is 35.5 Å². The van der Waals surface area contributed by atoms with Crippen molar-refractivity contribution in [1.82, 2.24) is 10.5 Å². The van der Waals surface area contributed by atoms with Gasteiger partial charge in [0.25, 0.3) is 10.0 Å². The molecule has 0 bridgehead atoms. The van der Waals surface area contributed by atoms with Crippen LogP contribution in [0.5, 0.6) is 0 Å². The number of thiocarbonyl (C=S) groups is 1. The highest BCUT2D eigenvalue weighted by atomic mass is 32.2. The van der Waals surface area contributed by atoms with Gasteiger partial charge in [0, 0.05) is 11.8 Å². The van der Waals surface area contributed by atoms with E-state index in [1.54, 1.807) is 6.92 Å². The molecule has 2 aromatic carbocycles. The Labute approximate surface area is 173 Å². The number of sulfonamides is 1. The van der Waals surface area contributed by atoms with E-state index in [2.05, 4.69) is 20.5 Å². The van der Waals surface area contributed by atoms with Crippen LogP contribution in [0.25, 0.3) is 0 Å². The number of anilines is 2. The fourth-order valence-corrected chi connectivity index (χ4v) is 3.66. The number of carbonyl (C=O) groups is 1. The van der Waals surface area contributed by atoms with Gasteiger partial charge in [-0.05, 0) is 49.0 Å². The molecule has 1 heterocycles. The molecular formula is C19H18N4O4S2. The lowest BCUT2D eigenvalue weighted by molar-refractivity contribution is -0.119. The lowest BCUT2D eigenvalue weighted by Gasteiger charge is -2.10. The number of nitrogens with one attached hydrogen (secondary N) is 3. The number of aryl methyl sites for hydroxylation is 1. The van der Waals surface area contributed by atoms with Gasteiger partial charge in [0.05, 0.1) is 11.3 Å². The number of amides is 1. The Morgan fingerprint density at radius 3 is 2.41 bits per heavy atom. The van der Waals surface area contributed by atoms with Crippen LogP contribution in [-0.2, 0) is 21.2 Å². The average Bonchev–Trinajstić information content (AvgIpc) is 3.06. The van der Waals surface area contributed by atoms with E-state index in [-0.39, 0.29) is 28.2 Å². The molecule has 0 aliphatic rings. The molecule has 0 aliphatic heterocycles. The minimum Gasteiger partial charge on any atom is -0.360 e. The van der Waals surface area contributed by atoms with E-state index in [9.17, 15) is 13.2 Å². The number of nitrogens with zero attached hydrogens (tertiary/aromatic N) is 1. The van der Waals surface area contributed by atoms with E-state index in [1.165, 1.54) is 30.3 Å². The van der Waals surface area contributed by atoms with E-state index in [0.29, 0.717) is 11.4 Å². The smallest absolute Gasteiger partial charge is 0.263 e. The summed E-state index contributed by atoms with van der Waals surface area (Å²) in [6.45, 7) is 1.66. The van der Waals surface area contributed by atoms with E-state index < -0.39 is 10.0 Å². The molecule has 0 saturated carbocycles. The topological polar surface area (TPSA) is 113 Å². The summed E-state index contributed by atoms with van der Waals surface area (Å²) in [5.74, 6) is 0.345. The van der Waals surface area contributed by atoms with Gasteiger partial charge < -0.3 is 15.2 Å². The van der Waals surface area contributed by atoms with Crippen LogP contribution in [0, 0.1) is 6.92 Å². The Hall–Kier alpha value is -3.24. The molecule has 0 spiro atoms. The van der Waals surface area contributed by atoms with Gasteiger partial charge in [-0.25, -0.2) is 8.42 Å². The van der Waals surface area contributed by atoms with E-state index in [0.717, 1.165) is 5.56 Å². The summed E-state index contributed by atoms with van der Waals surface area (Å²) < 4.78 is 31.9. The molecule has 0 atom stereocenters. The van der Waals surface area contributed by atoms with Gasteiger partial charge >= 0.3 is 0 Å². The molecule has 150 valence electrons. The van der Waals surface area contributed by atoms with Crippen molar-refractivity contribution in [2.75, 3.05) is 10.0 Å². The molecule has 0 aliphatic carbocycles. The van der Waals surface area contributed by atoms with Gasteiger partial charge in [-0.2, -0.15) is 0 Å². The largest absolute Gasteiger partial charge is 0.360 e. The standard InChI is InChI=1S/C19H18N4O4S2/c1-13-11-17(22-27-13)23-29(25,26)16-9-7-15(8-10-16)20-19(28)21-18(24)12-14-5-3-2-4-6-14/h2-11H,12H2,1H3,(H,22,23)(H2,20,21,24,28). The number of aromatic nitrogens is 1. The van der Waals surface area contributed by atoms with Crippen LogP contribution >= 0.6 is 12.2 Å². The summed E-state index contributed by atoms with van der Waals surface area (Å²) in [7, 11) is -3.80. The van der Waals surface area contributed by atoms with E-state index in [4.69, 9.17) is 16.7 Å². The second-order valence-corrected chi connectivity index (χ2v) is 8.21. The first kappa shape index (κ1) is 20.5. The number of rotatable bonds is 6. The number of benzene rings is 2. The first-order valence-electron chi connectivity index (χ1n) is 8.53. The Morgan fingerprint density at radius 2 is 1.79 bits per heavy atom. The summed E-state index contributed by atoms with van der Waals surface area (Å²) in [5, 5.41) is 9.16. The van der Waals surface area contributed by atoms with Crippen LogP contribution in [0.15, 0.2) is 70.1 Å². The number of hydrogen-bond acceptors (Lipinski definition) is 6. The normalized spacial score (nSPS) is 10.9. The van der Waals surface area contributed by atoms with Gasteiger partial charge in [-0.15, -0.1) is 0 Å². The first-order valence-corrected chi connectivity index (χ1v) is 10.4. The Kier molecular flexibility index (Phi) is 6.25. The molecule has 0 fully saturated rings. The van der Waals surface area contributed by atoms with E-state index in [1.807, 2.05) is 30.3 Å². The average molecular weight is 431 g/mol. The zero-order valence-corrected chi connectivity index (χ0v) is 17.0. The molecule has 3 rings (SSSR count). The monoisotopic (exact) mass is 430 g/mol. The second-order valence-electron chi connectivity index (χ2n) is 6.12. The molecule has 0 radical (unpaired) electrons. The molecule has 29 heavy (non-hydrogen) atoms. The minimum absolute atomic E-state index is 0.0442. The van der Waals surface area contributed by atoms with Crippen molar-refractivity contribution in [2.24, 2.45) is 0 Å². The predicted molar refractivity (Wildman–Crippen MR) is 113 cm³/mol. The van der Waals surface area contributed by atoms with Gasteiger partial charge in [0.15, 0.2) is 10.9 Å². The van der Waals surface area contributed by atoms with Crippen molar-refractivity contribution < 1.29 is 17.7 Å². The van der Waals surface area contributed by atoms with Crippen LogP contribution in [0.3, 0.4) is 0 Å².